The summed E-state index contributed by atoms with van der Waals surface area (Å²) in [4.78, 5) is 16.7. The molecule has 0 aliphatic carbocycles. The summed E-state index contributed by atoms with van der Waals surface area (Å²) in [5, 5.41) is -0.215. The molecule has 3 aromatic rings. The van der Waals surface area contributed by atoms with E-state index in [0.29, 0.717) is 5.56 Å². The van der Waals surface area contributed by atoms with Crippen molar-refractivity contribution in [2.45, 2.75) is 32.4 Å². The van der Waals surface area contributed by atoms with Gasteiger partial charge in [0.25, 0.3) is 0 Å². The molecule has 4 atom stereocenters. The van der Waals surface area contributed by atoms with E-state index in [1.54, 1.807) is 48.5 Å². The Morgan fingerprint density at radius 3 is 1.85 bits per heavy atom. The summed E-state index contributed by atoms with van der Waals surface area (Å²) in [5.41, 5.74) is 0.446. The summed E-state index contributed by atoms with van der Waals surface area (Å²) in [6, 6.07) is 16.0. The number of nitrogens with zero attached hydrogens (tertiary/aromatic N) is 1. The average Bonchev–Trinajstić information content (AvgIpc) is 3.28. The van der Waals surface area contributed by atoms with E-state index in [2.05, 4.69) is 10.3 Å². The molecule has 2 aromatic carbocycles. The van der Waals surface area contributed by atoms with Crippen LogP contribution in [0.5, 0.6) is 0 Å². The summed E-state index contributed by atoms with van der Waals surface area (Å²) in [7, 11) is -7.38. The van der Waals surface area contributed by atoms with Crippen LogP contribution in [0, 0.1) is 0 Å². The average molecular weight is 487 g/mol. The third-order valence-corrected chi connectivity index (χ3v) is 10.3. The highest BCUT2D eigenvalue weighted by Crippen LogP contribution is 2.41. The molecule has 4 rings (SSSR count). The van der Waals surface area contributed by atoms with Gasteiger partial charge in [-0.05, 0) is 35.9 Å². The van der Waals surface area contributed by atoms with Crippen LogP contribution < -0.4 is 5.32 Å². The molecule has 172 valence electrons. The molecule has 1 N–H and O–H groups in total. The van der Waals surface area contributed by atoms with Crippen molar-refractivity contribution in [3.63, 3.8) is 0 Å². The number of esters is 1. The molecule has 0 spiro atoms. The molecule has 1 fully saturated rings. The Bertz CT molecular complexity index is 1330. The van der Waals surface area contributed by atoms with Gasteiger partial charge in [0, 0.05) is 12.4 Å². The first-order valence-corrected chi connectivity index (χ1v) is 13.2. The first kappa shape index (κ1) is 23.1. The highest BCUT2D eigenvalue weighted by Gasteiger charge is 2.59. The predicted molar refractivity (Wildman–Crippen MR) is 121 cm³/mol. The minimum atomic E-state index is -4.29. The second-order valence-corrected chi connectivity index (χ2v) is 11.8. The van der Waals surface area contributed by atoms with Gasteiger partial charge in [0.05, 0.1) is 22.9 Å². The molecule has 1 saturated heterocycles. The van der Waals surface area contributed by atoms with Crippen LogP contribution >= 0.6 is 0 Å². The van der Waals surface area contributed by atoms with Crippen molar-refractivity contribution in [1.29, 1.82) is 0 Å². The van der Waals surface area contributed by atoms with Crippen molar-refractivity contribution in [2.75, 3.05) is 7.11 Å². The van der Waals surface area contributed by atoms with E-state index >= 15 is 0 Å². The van der Waals surface area contributed by atoms with Crippen LogP contribution in [0.4, 0.5) is 0 Å². The van der Waals surface area contributed by atoms with Crippen molar-refractivity contribution < 1.29 is 26.4 Å². The second kappa shape index (κ2) is 9.05. The largest absolute Gasteiger partial charge is 0.468 e. The van der Waals surface area contributed by atoms with Crippen molar-refractivity contribution in [2.24, 2.45) is 0 Å². The molecule has 0 radical (unpaired) electrons. The second-order valence-electron chi connectivity index (χ2n) is 7.58. The number of pyridine rings is 1. The smallest absolute Gasteiger partial charge is 0.324 e. The van der Waals surface area contributed by atoms with E-state index in [1.165, 1.54) is 36.7 Å². The van der Waals surface area contributed by atoms with Gasteiger partial charge in [0.2, 0.25) is 0 Å². The van der Waals surface area contributed by atoms with Gasteiger partial charge >= 0.3 is 5.97 Å². The SMILES string of the molecule is COC(=O)[C@@H]1N[C@H](c2cccnc2)[C@H](S(=O)(=O)c2ccccc2)[C@H]1S(=O)(=O)c1ccccc1. The fraction of sp³-hybridized carbons (Fsp3) is 0.217. The molecule has 2 heterocycles. The van der Waals surface area contributed by atoms with Crippen LogP contribution in [-0.2, 0) is 29.2 Å². The monoisotopic (exact) mass is 486 g/mol. The maximum absolute atomic E-state index is 13.9. The first-order chi connectivity index (χ1) is 15.8. The minimum absolute atomic E-state index is 0.0375. The first-order valence-electron chi connectivity index (χ1n) is 10.1. The number of carbonyl (C=O) groups is 1. The Balaban J connectivity index is 1.97. The molecule has 0 amide bonds. The number of rotatable bonds is 6. The van der Waals surface area contributed by atoms with Gasteiger partial charge in [-0.25, -0.2) is 16.8 Å². The standard InChI is InChI=1S/C23H22N2O6S2/c1-31-23(26)20-22(33(29,30)18-12-6-3-7-13-18)21(19(25-20)16-9-8-14-24-15-16)32(27,28)17-10-4-2-5-11-17/h2-15,19-22,25H,1H3/t19-,20-,21+,22+/m1/s1. The minimum Gasteiger partial charge on any atom is -0.468 e. The number of ether oxygens (including phenoxy) is 1. The number of methoxy groups -OCH3 is 1. The Labute approximate surface area is 192 Å². The lowest BCUT2D eigenvalue weighted by Crippen LogP contribution is -2.47. The lowest BCUT2D eigenvalue weighted by Gasteiger charge is -2.25. The van der Waals surface area contributed by atoms with Crippen LogP contribution in [0.1, 0.15) is 11.6 Å². The van der Waals surface area contributed by atoms with Gasteiger partial charge in [-0.1, -0.05) is 42.5 Å². The summed E-state index contributed by atoms with van der Waals surface area (Å²) >= 11 is 0. The summed E-state index contributed by atoms with van der Waals surface area (Å²) < 4.78 is 60.2. The van der Waals surface area contributed by atoms with Gasteiger partial charge in [0.1, 0.15) is 16.5 Å². The number of benzene rings is 2. The van der Waals surface area contributed by atoms with E-state index in [-0.39, 0.29) is 9.79 Å². The van der Waals surface area contributed by atoms with Crippen LogP contribution in [0.25, 0.3) is 0 Å². The van der Waals surface area contributed by atoms with Gasteiger partial charge in [-0.3, -0.25) is 15.1 Å². The third kappa shape index (κ3) is 4.17. The normalized spacial score (nSPS) is 23.2. The molecule has 0 unspecified atom stereocenters. The van der Waals surface area contributed by atoms with E-state index in [4.69, 9.17) is 4.74 Å². The highest BCUT2D eigenvalue weighted by molar-refractivity contribution is 7.96. The van der Waals surface area contributed by atoms with Crippen LogP contribution in [0.3, 0.4) is 0 Å². The number of hydrogen-bond acceptors (Lipinski definition) is 8. The number of aromatic nitrogens is 1. The van der Waals surface area contributed by atoms with E-state index in [0.717, 1.165) is 7.11 Å². The maximum Gasteiger partial charge on any atom is 0.324 e. The van der Waals surface area contributed by atoms with Crippen molar-refractivity contribution in [3.05, 3.63) is 90.8 Å². The predicted octanol–water partition coefficient (Wildman–Crippen LogP) is 1.95. The van der Waals surface area contributed by atoms with E-state index in [9.17, 15) is 21.6 Å². The van der Waals surface area contributed by atoms with Gasteiger partial charge in [0.15, 0.2) is 19.7 Å². The molecule has 33 heavy (non-hydrogen) atoms. The number of carbonyl (C=O) groups excluding carboxylic acids is 1. The molecule has 1 aromatic heterocycles. The Kier molecular flexibility index (Phi) is 6.33. The highest BCUT2D eigenvalue weighted by atomic mass is 32.2. The molecule has 1 aliphatic rings. The molecule has 0 saturated carbocycles. The van der Waals surface area contributed by atoms with Gasteiger partial charge in [-0.2, -0.15) is 0 Å². The summed E-state index contributed by atoms with van der Waals surface area (Å²) in [6.07, 6.45) is 2.98. The molecule has 0 bridgehead atoms. The lowest BCUT2D eigenvalue weighted by molar-refractivity contribution is -0.142. The number of nitrogens with one attached hydrogen (secondary N) is 1. The molecule has 10 heteroatoms. The zero-order chi connectivity index (χ0) is 23.6. The Hall–Kier alpha value is -3.08. The van der Waals surface area contributed by atoms with Crippen LogP contribution in [0.15, 0.2) is 95.0 Å². The molecule has 1 aliphatic heterocycles. The number of hydrogen-bond donors (Lipinski definition) is 1. The van der Waals surface area contributed by atoms with Crippen molar-refractivity contribution in [3.8, 4) is 0 Å². The Morgan fingerprint density at radius 1 is 0.818 bits per heavy atom. The Morgan fingerprint density at radius 2 is 1.36 bits per heavy atom. The van der Waals surface area contributed by atoms with Gasteiger partial charge < -0.3 is 4.74 Å². The lowest BCUT2D eigenvalue weighted by atomic mass is 10.1. The van der Waals surface area contributed by atoms with Crippen molar-refractivity contribution in [1.82, 2.24) is 10.3 Å². The molecular weight excluding hydrogens is 464 g/mol. The van der Waals surface area contributed by atoms with Gasteiger partial charge in [-0.15, -0.1) is 0 Å². The topological polar surface area (TPSA) is 119 Å². The quantitative estimate of drug-likeness (QED) is 0.525. The fourth-order valence-electron chi connectivity index (χ4n) is 4.18. The molecule has 8 nitrogen and oxygen atoms in total. The maximum atomic E-state index is 13.9. The van der Waals surface area contributed by atoms with Crippen LogP contribution in [-0.4, -0.2) is 51.4 Å². The van der Waals surface area contributed by atoms with Crippen molar-refractivity contribution >= 4 is 25.6 Å². The van der Waals surface area contributed by atoms with E-state index < -0.39 is 48.2 Å². The third-order valence-electron chi connectivity index (χ3n) is 5.70. The summed E-state index contributed by atoms with van der Waals surface area (Å²) in [5.74, 6) is -0.862. The van der Waals surface area contributed by atoms with Crippen LogP contribution in [0.2, 0.25) is 0 Å². The molecular formula is C23H22N2O6S2. The zero-order valence-electron chi connectivity index (χ0n) is 17.6. The zero-order valence-corrected chi connectivity index (χ0v) is 19.2. The summed E-state index contributed by atoms with van der Waals surface area (Å²) in [6.45, 7) is 0. The van der Waals surface area contributed by atoms with E-state index in [1.807, 2.05) is 0 Å². The number of sulfone groups is 2. The fourth-order valence-corrected chi connectivity index (χ4v) is 8.93.